The van der Waals surface area contributed by atoms with Gasteiger partial charge in [0.2, 0.25) is 0 Å². The maximum atomic E-state index is 11.2. The van der Waals surface area contributed by atoms with Crippen molar-refractivity contribution in [3.8, 4) is 5.75 Å². The van der Waals surface area contributed by atoms with Crippen molar-refractivity contribution in [2.45, 2.75) is 19.4 Å². The third-order valence-electron chi connectivity index (χ3n) is 4.40. The van der Waals surface area contributed by atoms with E-state index in [0.29, 0.717) is 19.6 Å². The lowest BCUT2D eigenvalue weighted by Crippen LogP contribution is -2.26. The van der Waals surface area contributed by atoms with Gasteiger partial charge in [0.15, 0.2) is 6.10 Å². The molecule has 1 heterocycles. The lowest BCUT2D eigenvalue weighted by molar-refractivity contribution is -0.149. The predicted octanol–water partition coefficient (Wildman–Crippen LogP) is 5.29. The molecule has 2 aromatic carbocycles. The molecule has 0 aliphatic rings. The van der Waals surface area contributed by atoms with Gasteiger partial charge >= 0.3 is 5.97 Å². The second-order valence-corrected chi connectivity index (χ2v) is 7.35. The van der Waals surface area contributed by atoms with Gasteiger partial charge in [-0.25, -0.2) is 4.79 Å². The number of carboxylic acid groups (broad SMARTS) is 1. The summed E-state index contributed by atoms with van der Waals surface area (Å²) in [5.74, 6) is -0.203. The van der Waals surface area contributed by atoms with E-state index in [2.05, 4.69) is 29.7 Å². The average Bonchev–Trinajstić information content (AvgIpc) is 3.27. The maximum absolute atomic E-state index is 11.2. The molecule has 1 N–H and O–H groups in total. The minimum atomic E-state index is -0.945. The molecule has 4 nitrogen and oxygen atoms in total. The number of aliphatic carboxylic acids is 1. The summed E-state index contributed by atoms with van der Waals surface area (Å²) in [5, 5.41) is 11.3. The molecule has 1 atom stereocenters. The second kappa shape index (κ2) is 10.6. The van der Waals surface area contributed by atoms with Crippen molar-refractivity contribution in [3.63, 3.8) is 0 Å². The van der Waals surface area contributed by atoms with Gasteiger partial charge in [0.1, 0.15) is 12.4 Å². The van der Waals surface area contributed by atoms with E-state index in [1.807, 2.05) is 48.5 Å². The average molecular weight is 409 g/mol. The Morgan fingerprint density at radius 1 is 1.07 bits per heavy atom. The zero-order chi connectivity index (χ0) is 20.5. The fourth-order valence-corrected chi connectivity index (χ4v) is 3.78. The van der Waals surface area contributed by atoms with Gasteiger partial charge in [-0.3, -0.25) is 0 Å². The summed E-state index contributed by atoms with van der Waals surface area (Å²) in [6.45, 7) is 2.61. The number of benzene rings is 2. The van der Waals surface area contributed by atoms with Crippen LogP contribution in [-0.2, 0) is 16.0 Å². The Labute approximate surface area is 175 Å². The van der Waals surface area contributed by atoms with Crippen molar-refractivity contribution in [1.29, 1.82) is 0 Å². The first kappa shape index (κ1) is 20.8. The monoisotopic (exact) mass is 408 g/mol. The fourth-order valence-electron chi connectivity index (χ4n) is 2.99. The minimum Gasteiger partial charge on any atom is -0.490 e. The van der Waals surface area contributed by atoms with Crippen LogP contribution in [0.2, 0.25) is 0 Å². The fraction of sp³-hybridized carbons (Fsp3) is 0.208. The molecule has 0 fully saturated rings. The number of carboxylic acids is 1. The number of hydrogen-bond acceptors (Lipinski definition) is 4. The smallest absolute Gasteiger partial charge is 0.333 e. The predicted molar refractivity (Wildman–Crippen MR) is 117 cm³/mol. The number of hydrogen-bond donors (Lipinski definition) is 1. The Kier molecular flexibility index (Phi) is 7.61. The first-order valence-electron chi connectivity index (χ1n) is 9.53. The molecule has 3 aromatic rings. The topological polar surface area (TPSA) is 55.8 Å². The Bertz CT molecular complexity index is 915. The summed E-state index contributed by atoms with van der Waals surface area (Å²) in [6.07, 6.45) is 1.60. The highest BCUT2D eigenvalue weighted by atomic mass is 32.1. The van der Waals surface area contributed by atoms with Gasteiger partial charge < -0.3 is 14.6 Å². The van der Waals surface area contributed by atoms with Gasteiger partial charge in [-0.15, -0.1) is 11.3 Å². The van der Waals surface area contributed by atoms with Crippen LogP contribution in [0.5, 0.6) is 5.75 Å². The summed E-state index contributed by atoms with van der Waals surface area (Å²) in [6, 6.07) is 21.9. The molecule has 0 aliphatic heterocycles. The first-order chi connectivity index (χ1) is 14.2. The molecule has 0 amide bonds. The van der Waals surface area contributed by atoms with Crippen LogP contribution in [0.15, 0.2) is 78.2 Å². The van der Waals surface area contributed by atoms with Gasteiger partial charge in [-0.05, 0) is 53.3 Å². The van der Waals surface area contributed by atoms with Crippen LogP contribution in [0.3, 0.4) is 0 Å². The van der Waals surface area contributed by atoms with Gasteiger partial charge in [-0.1, -0.05) is 48.5 Å². The largest absolute Gasteiger partial charge is 0.490 e. The van der Waals surface area contributed by atoms with E-state index in [-0.39, 0.29) is 0 Å². The lowest BCUT2D eigenvalue weighted by Gasteiger charge is -2.13. The normalized spacial score (nSPS) is 12.5. The SMILES string of the molecule is CCOC(Cc1ccc(OC/C=C(/c2ccccc2)c2cccs2)cc1)C(=O)O. The second-order valence-electron chi connectivity index (χ2n) is 6.40. The third-order valence-corrected chi connectivity index (χ3v) is 5.30. The van der Waals surface area contributed by atoms with Crippen molar-refractivity contribution in [1.82, 2.24) is 0 Å². The van der Waals surface area contributed by atoms with Gasteiger partial charge in [0.25, 0.3) is 0 Å². The number of carbonyl (C=O) groups is 1. The molecule has 0 bridgehead atoms. The molecule has 3 rings (SSSR count). The summed E-state index contributed by atoms with van der Waals surface area (Å²) < 4.78 is 11.2. The Morgan fingerprint density at radius 3 is 2.45 bits per heavy atom. The molecule has 29 heavy (non-hydrogen) atoms. The van der Waals surface area contributed by atoms with Crippen LogP contribution in [0, 0.1) is 0 Å². The van der Waals surface area contributed by atoms with Crippen LogP contribution < -0.4 is 4.74 Å². The third kappa shape index (κ3) is 6.04. The minimum absolute atomic E-state index is 0.333. The van der Waals surface area contributed by atoms with E-state index < -0.39 is 12.1 Å². The van der Waals surface area contributed by atoms with Crippen LogP contribution in [0.25, 0.3) is 5.57 Å². The molecule has 5 heteroatoms. The Balaban J connectivity index is 1.65. The number of ether oxygens (including phenoxy) is 2. The quantitative estimate of drug-likeness (QED) is 0.495. The van der Waals surface area contributed by atoms with Crippen LogP contribution in [-0.4, -0.2) is 30.4 Å². The molecule has 1 aromatic heterocycles. The van der Waals surface area contributed by atoms with Gasteiger partial charge in [-0.2, -0.15) is 0 Å². The zero-order valence-corrected chi connectivity index (χ0v) is 17.1. The van der Waals surface area contributed by atoms with Crippen molar-refractivity contribution >= 4 is 22.9 Å². The Hall–Kier alpha value is -2.89. The van der Waals surface area contributed by atoms with Crippen molar-refractivity contribution in [2.75, 3.05) is 13.2 Å². The van der Waals surface area contributed by atoms with Crippen LogP contribution in [0.1, 0.15) is 22.9 Å². The molecule has 0 aliphatic carbocycles. The van der Waals surface area contributed by atoms with E-state index >= 15 is 0 Å². The van der Waals surface area contributed by atoms with Crippen molar-refractivity contribution in [3.05, 3.63) is 94.2 Å². The van der Waals surface area contributed by atoms with Crippen LogP contribution in [0.4, 0.5) is 0 Å². The molecular formula is C24H24O4S. The highest BCUT2D eigenvalue weighted by Gasteiger charge is 2.17. The molecule has 0 saturated carbocycles. The lowest BCUT2D eigenvalue weighted by atomic mass is 10.0. The summed E-state index contributed by atoms with van der Waals surface area (Å²) in [5.41, 5.74) is 3.21. The summed E-state index contributed by atoms with van der Waals surface area (Å²) in [4.78, 5) is 12.4. The summed E-state index contributed by atoms with van der Waals surface area (Å²) >= 11 is 1.70. The maximum Gasteiger partial charge on any atom is 0.333 e. The molecular weight excluding hydrogens is 384 g/mol. The van der Waals surface area contributed by atoms with Gasteiger partial charge in [0, 0.05) is 17.9 Å². The molecule has 0 saturated heterocycles. The first-order valence-corrected chi connectivity index (χ1v) is 10.4. The number of rotatable bonds is 10. The molecule has 0 radical (unpaired) electrons. The van der Waals surface area contributed by atoms with E-state index in [1.165, 1.54) is 4.88 Å². The molecule has 0 spiro atoms. The highest BCUT2D eigenvalue weighted by molar-refractivity contribution is 7.11. The molecule has 1 unspecified atom stereocenters. The van der Waals surface area contributed by atoms with E-state index in [4.69, 9.17) is 9.47 Å². The van der Waals surface area contributed by atoms with Gasteiger partial charge in [0.05, 0.1) is 0 Å². The number of thiophene rings is 1. The van der Waals surface area contributed by atoms with E-state index in [9.17, 15) is 9.90 Å². The van der Waals surface area contributed by atoms with Crippen LogP contribution >= 0.6 is 11.3 Å². The van der Waals surface area contributed by atoms with Crippen molar-refractivity contribution < 1.29 is 19.4 Å². The standard InChI is InChI=1S/C24H24O4S/c1-2-27-22(24(25)26)17-18-10-12-20(13-11-18)28-15-14-21(23-9-6-16-29-23)19-7-4-3-5-8-19/h3-14,16,22H,2,15,17H2,1H3,(H,25,26)/b21-14-. The van der Waals surface area contributed by atoms with E-state index in [0.717, 1.165) is 22.4 Å². The zero-order valence-electron chi connectivity index (χ0n) is 16.3. The Morgan fingerprint density at radius 2 is 1.83 bits per heavy atom. The van der Waals surface area contributed by atoms with Crippen molar-refractivity contribution in [2.24, 2.45) is 0 Å². The highest BCUT2D eigenvalue weighted by Crippen LogP contribution is 2.27. The molecule has 150 valence electrons. The summed E-state index contributed by atoms with van der Waals surface area (Å²) in [7, 11) is 0. The van der Waals surface area contributed by atoms with E-state index in [1.54, 1.807) is 18.3 Å².